The molecule has 2 rings (SSSR count). The number of amides is 1. The molecule has 1 fully saturated rings. The molecule has 132 valence electrons. The molecule has 0 aliphatic carbocycles. The Kier molecular flexibility index (Phi) is 7.28. The molecule has 1 amide bonds. The Morgan fingerprint density at radius 3 is 2.88 bits per heavy atom. The number of carbonyl (C=O) groups is 2. The zero-order valence-corrected chi connectivity index (χ0v) is 15.8. The van der Waals surface area contributed by atoms with Gasteiger partial charge >= 0.3 is 5.97 Å². The molecule has 1 aromatic rings. The average molecular weight is 396 g/mol. The average Bonchev–Trinajstić information content (AvgIpc) is 2.57. The molecule has 1 aliphatic rings. The topological polar surface area (TPSA) is 57.6 Å². The predicted molar refractivity (Wildman–Crippen MR) is 97.8 cm³/mol. The summed E-state index contributed by atoms with van der Waals surface area (Å²) in [7, 11) is 0. The van der Waals surface area contributed by atoms with Gasteiger partial charge in [-0.25, -0.2) is 0 Å². The van der Waals surface area contributed by atoms with Crippen LogP contribution in [0.5, 0.6) is 0 Å². The zero-order chi connectivity index (χ0) is 17.5. The van der Waals surface area contributed by atoms with Gasteiger partial charge in [0, 0.05) is 29.9 Å². The fourth-order valence-corrected chi connectivity index (χ4v) is 3.89. The van der Waals surface area contributed by atoms with Gasteiger partial charge in [0.05, 0.1) is 0 Å². The van der Waals surface area contributed by atoms with Crippen molar-refractivity contribution >= 4 is 27.8 Å². The number of carbonyl (C=O) groups excluding carboxylic acids is 1. The van der Waals surface area contributed by atoms with Gasteiger partial charge in [0.2, 0.25) is 5.91 Å². The van der Waals surface area contributed by atoms with Crippen molar-refractivity contribution in [1.29, 1.82) is 0 Å². The van der Waals surface area contributed by atoms with Crippen molar-refractivity contribution in [1.82, 2.24) is 4.90 Å². The van der Waals surface area contributed by atoms with Crippen molar-refractivity contribution in [2.75, 3.05) is 13.1 Å². The summed E-state index contributed by atoms with van der Waals surface area (Å²) in [6, 6.07) is 8.12. The van der Waals surface area contributed by atoms with E-state index in [4.69, 9.17) is 5.11 Å². The highest BCUT2D eigenvalue weighted by molar-refractivity contribution is 9.10. The van der Waals surface area contributed by atoms with Crippen LogP contribution in [0.15, 0.2) is 28.7 Å². The highest BCUT2D eigenvalue weighted by Gasteiger charge is 2.28. The smallest absolute Gasteiger partial charge is 0.303 e. The van der Waals surface area contributed by atoms with Gasteiger partial charge < -0.3 is 10.0 Å². The second-order valence-corrected chi connectivity index (χ2v) is 7.58. The fraction of sp³-hybridized carbons (Fsp3) is 0.579. The Balaban J connectivity index is 1.95. The summed E-state index contributed by atoms with van der Waals surface area (Å²) in [6.45, 7) is 3.57. The molecule has 5 heteroatoms. The zero-order valence-electron chi connectivity index (χ0n) is 14.2. The van der Waals surface area contributed by atoms with Crippen molar-refractivity contribution in [3.05, 3.63) is 34.3 Å². The molecule has 1 saturated heterocycles. The summed E-state index contributed by atoms with van der Waals surface area (Å²) in [6.07, 6.45) is 4.44. The normalized spacial score (nSPS) is 19.1. The lowest BCUT2D eigenvalue weighted by atomic mass is 9.90. The van der Waals surface area contributed by atoms with E-state index < -0.39 is 5.97 Å². The molecule has 0 aromatic heterocycles. The van der Waals surface area contributed by atoms with Gasteiger partial charge in [-0.15, -0.1) is 0 Å². The van der Waals surface area contributed by atoms with E-state index in [1.807, 2.05) is 17.0 Å². The lowest BCUT2D eigenvalue weighted by Gasteiger charge is -2.35. The van der Waals surface area contributed by atoms with E-state index in [9.17, 15) is 9.59 Å². The third-order valence-electron chi connectivity index (χ3n) is 4.81. The number of nitrogens with zero attached hydrogens (tertiary/aromatic N) is 1. The largest absolute Gasteiger partial charge is 0.481 e. The predicted octanol–water partition coefficient (Wildman–Crippen LogP) is 4.12. The van der Waals surface area contributed by atoms with Crippen LogP contribution in [0.3, 0.4) is 0 Å². The summed E-state index contributed by atoms with van der Waals surface area (Å²) in [5.41, 5.74) is 1.17. The van der Waals surface area contributed by atoms with Crippen LogP contribution in [-0.4, -0.2) is 35.0 Å². The van der Waals surface area contributed by atoms with Gasteiger partial charge in [0.15, 0.2) is 0 Å². The molecular formula is C19H26BrNO3. The monoisotopic (exact) mass is 395 g/mol. The van der Waals surface area contributed by atoms with Crippen LogP contribution in [0, 0.1) is 11.8 Å². The first-order valence-corrected chi connectivity index (χ1v) is 9.54. The first-order valence-electron chi connectivity index (χ1n) is 8.74. The minimum atomic E-state index is -0.750. The minimum absolute atomic E-state index is 0.00229. The highest BCUT2D eigenvalue weighted by atomic mass is 79.9. The van der Waals surface area contributed by atoms with Crippen molar-refractivity contribution in [2.45, 2.75) is 45.4 Å². The Morgan fingerprint density at radius 2 is 2.21 bits per heavy atom. The summed E-state index contributed by atoms with van der Waals surface area (Å²) in [5, 5.41) is 8.85. The van der Waals surface area contributed by atoms with E-state index in [0.717, 1.165) is 36.7 Å². The molecule has 0 spiro atoms. The van der Waals surface area contributed by atoms with Gasteiger partial charge in [0.1, 0.15) is 0 Å². The standard InChI is InChI=1S/C19H26BrNO3/c1-2-16(11-15-5-3-7-17(20)12-15)19(24)21-10-4-6-14(13-21)8-9-18(22)23/h3,5,7,12,14,16H,2,4,6,8-11,13H2,1H3,(H,22,23). The fourth-order valence-electron chi connectivity index (χ4n) is 3.44. The third-order valence-corrected chi connectivity index (χ3v) is 5.30. The second-order valence-electron chi connectivity index (χ2n) is 6.66. The number of rotatable bonds is 7. The number of likely N-dealkylation sites (tertiary alicyclic amines) is 1. The Hall–Kier alpha value is -1.36. The van der Waals surface area contributed by atoms with Crippen LogP contribution >= 0.6 is 15.9 Å². The molecule has 4 nitrogen and oxygen atoms in total. The molecule has 24 heavy (non-hydrogen) atoms. The van der Waals surface area contributed by atoms with E-state index >= 15 is 0 Å². The first-order chi connectivity index (χ1) is 11.5. The Labute approximate surface area is 152 Å². The van der Waals surface area contributed by atoms with Gasteiger partial charge in [-0.2, -0.15) is 0 Å². The molecule has 1 heterocycles. The molecule has 0 bridgehead atoms. The maximum absolute atomic E-state index is 12.9. The van der Waals surface area contributed by atoms with Crippen molar-refractivity contribution in [3.8, 4) is 0 Å². The Morgan fingerprint density at radius 1 is 1.42 bits per heavy atom. The number of piperidine rings is 1. The van der Waals surface area contributed by atoms with Crippen LogP contribution in [0.4, 0.5) is 0 Å². The van der Waals surface area contributed by atoms with Crippen LogP contribution < -0.4 is 0 Å². The number of hydrogen-bond acceptors (Lipinski definition) is 2. The van der Waals surface area contributed by atoms with Gasteiger partial charge in [0.25, 0.3) is 0 Å². The number of benzene rings is 1. The molecule has 0 saturated carbocycles. The molecule has 2 atom stereocenters. The highest BCUT2D eigenvalue weighted by Crippen LogP contribution is 2.25. The van der Waals surface area contributed by atoms with E-state index in [0.29, 0.717) is 18.9 Å². The summed E-state index contributed by atoms with van der Waals surface area (Å²) in [5.74, 6) is -0.211. The van der Waals surface area contributed by atoms with Crippen molar-refractivity contribution in [3.63, 3.8) is 0 Å². The van der Waals surface area contributed by atoms with Crippen LogP contribution in [-0.2, 0) is 16.0 Å². The number of carboxylic acid groups (broad SMARTS) is 1. The summed E-state index contributed by atoms with van der Waals surface area (Å²) >= 11 is 3.48. The third kappa shape index (κ3) is 5.62. The molecule has 1 aromatic carbocycles. The van der Waals surface area contributed by atoms with Crippen LogP contribution in [0.1, 0.15) is 44.6 Å². The second kappa shape index (κ2) is 9.21. The lowest BCUT2D eigenvalue weighted by molar-refractivity contribution is -0.138. The summed E-state index contributed by atoms with van der Waals surface area (Å²) < 4.78 is 1.04. The minimum Gasteiger partial charge on any atom is -0.481 e. The van der Waals surface area contributed by atoms with Crippen LogP contribution in [0.2, 0.25) is 0 Å². The van der Waals surface area contributed by atoms with Gasteiger partial charge in [-0.1, -0.05) is 35.0 Å². The summed E-state index contributed by atoms with van der Waals surface area (Å²) in [4.78, 5) is 25.6. The molecule has 0 radical (unpaired) electrons. The number of aliphatic carboxylic acids is 1. The van der Waals surface area contributed by atoms with Crippen LogP contribution in [0.25, 0.3) is 0 Å². The van der Waals surface area contributed by atoms with E-state index in [2.05, 4.69) is 35.0 Å². The van der Waals surface area contributed by atoms with E-state index in [-0.39, 0.29) is 18.2 Å². The first kappa shape index (κ1) is 19.0. The molecule has 1 N–H and O–H groups in total. The Bertz CT molecular complexity index is 575. The van der Waals surface area contributed by atoms with Crippen molar-refractivity contribution < 1.29 is 14.7 Å². The molecule has 2 unspecified atom stereocenters. The van der Waals surface area contributed by atoms with E-state index in [1.165, 1.54) is 5.56 Å². The molecule has 1 aliphatic heterocycles. The number of hydrogen-bond donors (Lipinski definition) is 1. The van der Waals surface area contributed by atoms with Gasteiger partial charge in [-0.05, 0) is 55.7 Å². The van der Waals surface area contributed by atoms with Gasteiger partial charge in [-0.3, -0.25) is 9.59 Å². The quantitative estimate of drug-likeness (QED) is 0.754. The van der Waals surface area contributed by atoms with Crippen molar-refractivity contribution in [2.24, 2.45) is 11.8 Å². The molecular weight excluding hydrogens is 370 g/mol. The SMILES string of the molecule is CCC(Cc1cccc(Br)c1)C(=O)N1CCCC(CCC(=O)O)C1. The maximum atomic E-state index is 12.9. The number of carboxylic acids is 1. The maximum Gasteiger partial charge on any atom is 0.303 e. The number of halogens is 1. The lowest BCUT2D eigenvalue weighted by Crippen LogP contribution is -2.43. The van der Waals surface area contributed by atoms with E-state index in [1.54, 1.807) is 0 Å².